The lowest BCUT2D eigenvalue weighted by Gasteiger charge is -2.19. The lowest BCUT2D eigenvalue weighted by atomic mass is 10.1. The zero-order valence-corrected chi connectivity index (χ0v) is 15.2. The highest BCUT2D eigenvalue weighted by Gasteiger charge is 2.29. The normalized spacial score (nSPS) is 11.3. The number of pyridine rings is 1. The van der Waals surface area contributed by atoms with E-state index in [2.05, 4.69) is 0 Å². The van der Waals surface area contributed by atoms with Crippen molar-refractivity contribution >= 4 is 22.5 Å². The first-order chi connectivity index (χ1) is 12.3. The van der Waals surface area contributed by atoms with Gasteiger partial charge in [0.2, 0.25) is 12.3 Å². The zero-order valence-electron chi connectivity index (χ0n) is 15.2. The molecular formula is C22H22NO3+. The van der Waals surface area contributed by atoms with E-state index in [4.69, 9.17) is 4.74 Å². The van der Waals surface area contributed by atoms with E-state index in [0.717, 1.165) is 10.8 Å². The molecule has 0 N–H and O–H groups in total. The molecule has 3 aromatic rings. The minimum Gasteiger partial charge on any atom is -0.452 e. The van der Waals surface area contributed by atoms with Crippen LogP contribution in [0, 0.1) is 0 Å². The molecule has 0 fully saturated rings. The number of ether oxygens (including phenoxy) is 1. The smallest absolute Gasteiger partial charge is 0.404 e. The number of rotatable bonds is 4. The van der Waals surface area contributed by atoms with Crippen molar-refractivity contribution in [3.8, 4) is 0 Å². The average Bonchev–Trinajstić information content (AvgIpc) is 2.60. The number of hydrogen-bond donors (Lipinski definition) is 0. The molecule has 3 rings (SSSR count). The molecule has 0 unspecified atom stereocenters. The van der Waals surface area contributed by atoms with Gasteiger partial charge in [-0.25, -0.2) is 4.79 Å². The minimum absolute atomic E-state index is 0.0595. The number of fused-ring (bicyclic) bond motifs is 1. The predicted molar refractivity (Wildman–Crippen MR) is 100 cm³/mol. The molecule has 26 heavy (non-hydrogen) atoms. The van der Waals surface area contributed by atoms with Crippen LogP contribution in [0.4, 0.5) is 0 Å². The maximum atomic E-state index is 12.9. The standard InChI is InChI=1S/C22H22NO3/c1-22(2,3)26-21(25)20-18-12-8-7-9-16(18)13-14-23(20)15-19(24)17-10-5-4-6-11-17/h4-14H,15H2,1-3H3/q+1. The van der Waals surface area contributed by atoms with Crippen LogP contribution >= 0.6 is 0 Å². The average molecular weight is 348 g/mol. The largest absolute Gasteiger partial charge is 0.452 e. The predicted octanol–water partition coefficient (Wildman–Crippen LogP) is 3.97. The van der Waals surface area contributed by atoms with Gasteiger partial charge in [-0.05, 0) is 32.2 Å². The molecule has 4 heteroatoms. The Bertz CT molecular complexity index is 956. The molecule has 132 valence electrons. The van der Waals surface area contributed by atoms with Gasteiger partial charge in [-0.15, -0.1) is 0 Å². The molecule has 0 aliphatic heterocycles. The number of benzene rings is 2. The van der Waals surface area contributed by atoms with E-state index in [1.54, 1.807) is 22.9 Å². The second-order valence-electron chi connectivity index (χ2n) is 7.17. The number of esters is 1. The Morgan fingerprint density at radius 1 is 0.923 bits per heavy atom. The van der Waals surface area contributed by atoms with Crippen LogP contribution in [0.1, 0.15) is 41.6 Å². The first kappa shape index (κ1) is 17.8. The van der Waals surface area contributed by atoms with Crippen LogP contribution < -0.4 is 4.57 Å². The molecular weight excluding hydrogens is 326 g/mol. The third-order valence-electron chi connectivity index (χ3n) is 3.94. The Morgan fingerprint density at radius 2 is 1.58 bits per heavy atom. The number of ketones is 1. The summed E-state index contributed by atoms with van der Waals surface area (Å²) in [5, 5.41) is 1.70. The Hall–Kier alpha value is -3.01. The fraction of sp³-hybridized carbons (Fsp3) is 0.227. The summed E-state index contributed by atoms with van der Waals surface area (Å²) < 4.78 is 7.26. The third-order valence-corrected chi connectivity index (χ3v) is 3.94. The van der Waals surface area contributed by atoms with Crippen molar-refractivity contribution in [2.45, 2.75) is 32.9 Å². The van der Waals surface area contributed by atoms with Gasteiger partial charge in [0.05, 0.1) is 5.39 Å². The van der Waals surface area contributed by atoms with Crippen molar-refractivity contribution in [2.24, 2.45) is 0 Å². The van der Waals surface area contributed by atoms with Gasteiger partial charge >= 0.3 is 5.97 Å². The maximum absolute atomic E-state index is 12.9. The Labute approximate surface area is 153 Å². The summed E-state index contributed by atoms with van der Waals surface area (Å²) in [6, 6.07) is 18.6. The number of nitrogens with zero attached hydrogens (tertiary/aromatic N) is 1. The molecule has 4 nitrogen and oxygen atoms in total. The van der Waals surface area contributed by atoms with Gasteiger partial charge in [-0.2, -0.15) is 4.57 Å². The fourth-order valence-electron chi connectivity index (χ4n) is 2.81. The number of carbonyl (C=O) groups is 2. The summed E-state index contributed by atoms with van der Waals surface area (Å²) in [7, 11) is 0. The molecule has 0 saturated carbocycles. The van der Waals surface area contributed by atoms with Gasteiger partial charge in [-0.3, -0.25) is 4.79 Å². The van der Waals surface area contributed by atoms with Gasteiger partial charge in [0.15, 0.2) is 6.20 Å². The van der Waals surface area contributed by atoms with Crippen LogP contribution in [-0.4, -0.2) is 17.4 Å². The van der Waals surface area contributed by atoms with Crippen molar-refractivity contribution in [3.05, 3.63) is 78.1 Å². The van der Waals surface area contributed by atoms with Gasteiger partial charge in [0, 0.05) is 11.6 Å². The molecule has 0 atom stereocenters. The number of carbonyl (C=O) groups excluding carboxylic acids is 2. The first-order valence-corrected chi connectivity index (χ1v) is 8.58. The van der Waals surface area contributed by atoms with Crippen LogP contribution in [0.3, 0.4) is 0 Å². The second kappa shape index (κ2) is 7.08. The first-order valence-electron chi connectivity index (χ1n) is 8.58. The SMILES string of the molecule is CC(C)(C)OC(=O)c1c2ccccc2cc[n+]1CC(=O)c1ccccc1. The fourth-order valence-corrected chi connectivity index (χ4v) is 2.81. The molecule has 2 aromatic carbocycles. The Morgan fingerprint density at radius 3 is 2.27 bits per heavy atom. The summed E-state index contributed by atoms with van der Waals surface area (Å²) >= 11 is 0. The molecule has 0 saturated heterocycles. The van der Waals surface area contributed by atoms with E-state index >= 15 is 0 Å². The van der Waals surface area contributed by atoms with Gasteiger partial charge in [0.25, 0.3) is 5.69 Å². The molecule has 1 aromatic heterocycles. The van der Waals surface area contributed by atoms with E-state index in [9.17, 15) is 9.59 Å². The summed E-state index contributed by atoms with van der Waals surface area (Å²) in [4.78, 5) is 25.5. The summed E-state index contributed by atoms with van der Waals surface area (Å²) in [6.45, 7) is 5.56. The lowest BCUT2D eigenvalue weighted by molar-refractivity contribution is -0.684. The highest BCUT2D eigenvalue weighted by atomic mass is 16.6. The minimum atomic E-state index is -0.616. The molecule has 0 aliphatic carbocycles. The molecule has 0 bridgehead atoms. The number of hydrogen-bond acceptors (Lipinski definition) is 3. The van der Waals surface area contributed by atoms with Crippen LogP contribution in [0.2, 0.25) is 0 Å². The molecule has 0 spiro atoms. The van der Waals surface area contributed by atoms with E-state index in [0.29, 0.717) is 11.3 Å². The number of Topliss-reactive ketones (excluding diaryl/α,β-unsaturated/α-hetero) is 1. The molecule has 0 radical (unpaired) electrons. The monoisotopic (exact) mass is 348 g/mol. The summed E-state index contributed by atoms with van der Waals surface area (Å²) in [5.41, 5.74) is 0.389. The lowest BCUT2D eigenvalue weighted by Crippen LogP contribution is -2.45. The highest BCUT2D eigenvalue weighted by molar-refractivity contribution is 6.01. The number of aromatic nitrogens is 1. The topological polar surface area (TPSA) is 47.2 Å². The van der Waals surface area contributed by atoms with Crippen molar-refractivity contribution < 1.29 is 18.9 Å². The van der Waals surface area contributed by atoms with Crippen LogP contribution in [0.15, 0.2) is 66.9 Å². The highest BCUT2D eigenvalue weighted by Crippen LogP contribution is 2.19. The summed E-state index contributed by atoms with van der Waals surface area (Å²) in [6.07, 6.45) is 1.77. The van der Waals surface area contributed by atoms with Crippen molar-refractivity contribution in [1.29, 1.82) is 0 Å². The zero-order chi connectivity index (χ0) is 18.7. The van der Waals surface area contributed by atoms with Crippen LogP contribution in [-0.2, 0) is 11.3 Å². The van der Waals surface area contributed by atoms with Crippen molar-refractivity contribution in [1.82, 2.24) is 0 Å². The second-order valence-corrected chi connectivity index (χ2v) is 7.17. The van der Waals surface area contributed by atoms with Gasteiger partial charge in [-0.1, -0.05) is 48.5 Å². The van der Waals surface area contributed by atoms with Gasteiger partial charge < -0.3 is 4.74 Å². The quantitative estimate of drug-likeness (QED) is 0.407. The molecule has 0 aliphatic rings. The van der Waals surface area contributed by atoms with Crippen LogP contribution in [0.25, 0.3) is 10.8 Å². The van der Waals surface area contributed by atoms with E-state index in [1.807, 2.05) is 69.3 Å². The van der Waals surface area contributed by atoms with E-state index in [-0.39, 0.29) is 12.3 Å². The van der Waals surface area contributed by atoms with E-state index in [1.165, 1.54) is 0 Å². The molecule has 1 heterocycles. The van der Waals surface area contributed by atoms with Crippen LogP contribution in [0.5, 0.6) is 0 Å². The maximum Gasteiger partial charge on any atom is 0.404 e. The Kier molecular flexibility index (Phi) is 4.85. The van der Waals surface area contributed by atoms with Crippen molar-refractivity contribution in [2.75, 3.05) is 0 Å². The van der Waals surface area contributed by atoms with Crippen molar-refractivity contribution in [3.63, 3.8) is 0 Å². The Balaban J connectivity index is 2.05. The third kappa shape index (κ3) is 3.97. The van der Waals surface area contributed by atoms with E-state index < -0.39 is 11.6 Å². The summed E-state index contributed by atoms with van der Waals surface area (Å²) in [5.74, 6) is -0.495. The van der Waals surface area contributed by atoms with Gasteiger partial charge in [0.1, 0.15) is 5.60 Å². The molecule has 0 amide bonds.